The van der Waals surface area contributed by atoms with Crippen LogP contribution < -0.4 is 4.74 Å². The summed E-state index contributed by atoms with van der Waals surface area (Å²) in [6.45, 7) is 0.231. The third-order valence-corrected chi connectivity index (χ3v) is 3.66. The molecule has 3 rings (SSSR count). The Balaban J connectivity index is 1.62. The number of nitrogens with zero attached hydrogens (tertiary/aromatic N) is 1. The maximum atomic E-state index is 12.1. The minimum Gasteiger partial charge on any atom is -0.497 e. The van der Waals surface area contributed by atoms with Gasteiger partial charge in [-0.05, 0) is 53.1 Å². The minimum atomic E-state index is -0.341. The van der Waals surface area contributed by atoms with Gasteiger partial charge in [0.1, 0.15) is 12.4 Å². The van der Waals surface area contributed by atoms with Crippen LogP contribution in [-0.4, -0.2) is 18.1 Å². The van der Waals surface area contributed by atoms with Crippen LogP contribution in [-0.2, 0) is 11.3 Å². The zero-order chi connectivity index (χ0) is 16.8. The quantitative estimate of drug-likeness (QED) is 0.664. The summed E-state index contributed by atoms with van der Waals surface area (Å²) in [6, 6.07) is 18.6. The zero-order valence-corrected chi connectivity index (χ0v) is 13.3. The first kappa shape index (κ1) is 15.7. The van der Waals surface area contributed by atoms with E-state index in [9.17, 15) is 4.79 Å². The number of carbonyl (C=O) groups is 1. The SMILES string of the molecule is COc1ccc(COC(=O)c2ccc(-c3ccncc3)cc2)cc1. The molecule has 1 aromatic heterocycles. The number of pyridine rings is 1. The van der Waals surface area contributed by atoms with Crippen molar-refractivity contribution in [1.82, 2.24) is 4.98 Å². The molecule has 0 fully saturated rings. The molecule has 2 aromatic carbocycles. The summed E-state index contributed by atoms with van der Waals surface area (Å²) >= 11 is 0. The summed E-state index contributed by atoms with van der Waals surface area (Å²) in [4.78, 5) is 16.1. The lowest BCUT2D eigenvalue weighted by molar-refractivity contribution is 0.0472. The van der Waals surface area contributed by atoms with Gasteiger partial charge in [-0.15, -0.1) is 0 Å². The Bertz CT molecular complexity index is 797. The molecule has 1 heterocycles. The van der Waals surface area contributed by atoms with Gasteiger partial charge in [0, 0.05) is 12.4 Å². The fourth-order valence-corrected chi connectivity index (χ4v) is 2.30. The van der Waals surface area contributed by atoms with E-state index in [0.717, 1.165) is 22.4 Å². The van der Waals surface area contributed by atoms with Gasteiger partial charge in [-0.1, -0.05) is 24.3 Å². The van der Waals surface area contributed by atoms with Gasteiger partial charge in [0.05, 0.1) is 12.7 Å². The largest absolute Gasteiger partial charge is 0.497 e. The van der Waals surface area contributed by atoms with Crippen molar-refractivity contribution < 1.29 is 14.3 Å². The summed E-state index contributed by atoms with van der Waals surface area (Å²) < 4.78 is 10.4. The summed E-state index contributed by atoms with van der Waals surface area (Å²) in [6.07, 6.45) is 3.48. The van der Waals surface area contributed by atoms with Crippen molar-refractivity contribution in [3.63, 3.8) is 0 Å². The van der Waals surface area contributed by atoms with Crippen LogP contribution in [0.15, 0.2) is 73.1 Å². The second-order valence-electron chi connectivity index (χ2n) is 5.24. The number of carbonyl (C=O) groups excluding carboxylic acids is 1. The van der Waals surface area contributed by atoms with Crippen molar-refractivity contribution in [2.75, 3.05) is 7.11 Å². The predicted octanol–water partition coefficient (Wildman–Crippen LogP) is 4.11. The molecule has 0 saturated carbocycles. The van der Waals surface area contributed by atoms with Crippen molar-refractivity contribution in [2.24, 2.45) is 0 Å². The molecule has 24 heavy (non-hydrogen) atoms. The van der Waals surface area contributed by atoms with Crippen LogP contribution in [0, 0.1) is 0 Å². The van der Waals surface area contributed by atoms with Crippen molar-refractivity contribution in [3.05, 3.63) is 84.2 Å². The lowest BCUT2D eigenvalue weighted by Gasteiger charge is -2.07. The van der Waals surface area contributed by atoms with Gasteiger partial charge in [-0.3, -0.25) is 4.98 Å². The van der Waals surface area contributed by atoms with Crippen LogP contribution in [0.25, 0.3) is 11.1 Å². The fraction of sp³-hybridized carbons (Fsp3) is 0.100. The van der Waals surface area contributed by atoms with E-state index in [0.29, 0.717) is 5.56 Å². The van der Waals surface area contributed by atoms with Crippen LogP contribution in [0.3, 0.4) is 0 Å². The summed E-state index contributed by atoms with van der Waals surface area (Å²) in [5.41, 5.74) is 3.53. The molecular formula is C20H17NO3. The van der Waals surface area contributed by atoms with Crippen molar-refractivity contribution in [1.29, 1.82) is 0 Å². The van der Waals surface area contributed by atoms with E-state index in [1.54, 1.807) is 31.6 Å². The number of hydrogen-bond acceptors (Lipinski definition) is 4. The first-order valence-electron chi connectivity index (χ1n) is 7.57. The molecule has 0 aliphatic carbocycles. The lowest BCUT2D eigenvalue weighted by Crippen LogP contribution is -2.05. The van der Waals surface area contributed by atoms with Gasteiger partial charge in [-0.2, -0.15) is 0 Å². The Morgan fingerprint density at radius 1 is 0.875 bits per heavy atom. The highest BCUT2D eigenvalue weighted by Crippen LogP contribution is 2.19. The van der Waals surface area contributed by atoms with E-state index in [1.165, 1.54) is 0 Å². The van der Waals surface area contributed by atoms with E-state index >= 15 is 0 Å². The number of aromatic nitrogens is 1. The topological polar surface area (TPSA) is 48.4 Å². The smallest absolute Gasteiger partial charge is 0.338 e. The van der Waals surface area contributed by atoms with Crippen LogP contribution in [0.1, 0.15) is 15.9 Å². The van der Waals surface area contributed by atoms with E-state index in [1.807, 2.05) is 48.5 Å². The maximum absolute atomic E-state index is 12.1. The molecule has 3 aromatic rings. The Labute approximate surface area is 140 Å². The van der Waals surface area contributed by atoms with Gasteiger partial charge >= 0.3 is 5.97 Å². The average Bonchev–Trinajstić information content (AvgIpc) is 2.67. The molecule has 0 saturated heterocycles. The summed E-state index contributed by atoms with van der Waals surface area (Å²) in [5, 5.41) is 0. The molecule has 4 heteroatoms. The molecule has 0 amide bonds. The first-order chi connectivity index (χ1) is 11.8. The lowest BCUT2D eigenvalue weighted by atomic mass is 10.1. The van der Waals surface area contributed by atoms with E-state index in [4.69, 9.17) is 9.47 Å². The highest BCUT2D eigenvalue weighted by Gasteiger charge is 2.08. The Morgan fingerprint density at radius 3 is 2.12 bits per heavy atom. The number of methoxy groups -OCH3 is 1. The Morgan fingerprint density at radius 2 is 1.50 bits per heavy atom. The fourth-order valence-electron chi connectivity index (χ4n) is 2.30. The van der Waals surface area contributed by atoms with E-state index in [-0.39, 0.29) is 12.6 Å². The van der Waals surface area contributed by atoms with E-state index < -0.39 is 0 Å². The number of benzene rings is 2. The normalized spacial score (nSPS) is 10.2. The van der Waals surface area contributed by atoms with Crippen molar-refractivity contribution >= 4 is 5.97 Å². The van der Waals surface area contributed by atoms with Gasteiger partial charge in [0.25, 0.3) is 0 Å². The third-order valence-electron chi connectivity index (χ3n) is 3.66. The van der Waals surface area contributed by atoms with Crippen molar-refractivity contribution in [2.45, 2.75) is 6.61 Å². The molecule has 0 N–H and O–H groups in total. The van der Waals surface area contributed by atoms with Gasteiger partial charge in [0.15, 0.2) is 0 Å². The van der Waals surface area contributed by atoms with Crippen LogP contribution in [0.5, 0.6) is 5.75 Å². The molecule has 0 spiro atoms. The molecule has 0 aliphatic heterocycles. The van der Waals surface area contributed by atoms with Gasteiger partial charge in [0.2, 0.25) is 0 Å². The third kappa shape index (κ3) is 3.79. The zero-order valence-electron chi connectivity index (χ0n) is 13.3. The molecule has 120 valence electrons. The minimum absolute atomic E-state index is 0.231. The second-order valence-corrected chi connectivity index (χ2v) is 5.24. The van der Waals surface area contributed by atoms with Crippen molar-refractivity contribution in [3.8, 4) is 16.9 Å². The monoisotopic (exact) mass is 319 g/mol. The van der Waals surface area contributed by atoms with E-state index in [2.05, 4.69) is 4.98 Å². The molecule has 0 aliphatic rings. The molecule has 0 radical (unpaired) electrons. The standard InChI is InChI=1S/C20H17NO3/c1-23-19-8-2-15(3-9-19)14-24-20(22)18-6-4-16(5-7-18)17-10-12-21-13-11-17/h2-13H,14H2,1H3. The second kappa shape index (κ2) is 7.42. The van der Waals surface area contributed by atoms with Gasteiger partial charge < -0.3 is 9.47 Å². The first-order valence-corrected chi connectivity index (χ1v) is 7.57. The van der Waals surface area contributed by atoms with Gasteiger partial charge in [-0.25, -0.2) is 4.79 Å². The Hall–Kier alpha value is -3.14. The Kier molecular flexibility index (Phi) is 4.87. The van der Waals surface area contributed by atoms with Crippen LogP contribution in [0.4, 0.5) is 0 Å². The van der Waals surface area contributed by atoms with Crippen LogP contribution >= 0.6 is 0 Å². The predicted molar refractivity (Wildman–Crippen MR) is 91.8 cm³/mol. The highest BCUT2D eigenvalue weighted by atomic mass is 16.5. The molecular weight excluding hydrogens is 302 g/mol. The average molecular weight is 319 g/mol. The molecule has 0 unspecified atom stereocenters. The number of ether oxygens (including phenoxy) is 2. The number of hydrogen-bond donors (Lipinski definition) is 0. The summed E-state index contributed by atoms with van der Waals surface area (Å²) in [7, 11) is 1.62. The number of esters is 1. The highest BCUT2D eigenvalue weighted by molar-refractivity contribution is 5.90. The summed E-state index contributed by atoms with van der Waals surface area (Å²) in [5.74, 6) is 0.434. The number of rotatable bonds is 5. The molecule has 0 atom stereocenters. The molecule has 0 bridgehead atoms. The van der Waals surface area contributed by atoms with Crippen LogP contribution in [0.2, 0.25) is 0 Å². The maximum Gasteiger partial charge on any atom is 0.338 e. The molecule has 4 nitrogen and oxygen atoms in total.